The van der Waals surface area contributed by atoms with Crippen molar-refractivity contribution in [3.8, 4) is 5.75 Å². The molecule has 0 saturated carbocycles. The highest BCUT2D eigenvalue weighted by molar-refractivity contribution is 5.59. The van der Waals surface area contributed by atoms with E-state index >= 15 is 0 Å². The quantitative estimate of drug-likeness (QED) is 0.586. The lowest BCUT2D eigenvalue weighted by Gasteiger charge is -2.34. The molecule has 0 radical (unpaired) electrons. The summed E-state index contributed by atoms with van der Waals surface area (Å²) in [6.45, 7) is -0.953. The highest BCUT2D eigenvalue weighted by Crippen LogP contribution is 2.34. The van der Waals surface area contributed by atoms with Gasteiger partial charge in [-0.05, 0) is 24.8 Å². The lowest BCUT2D eigenvalue weighted by atomic mass is 9.97. The molecule has 0 spiro atoms. The van der Waals surface area contributed by atoms with Gasteiger partial charge in [-0.3, -0.25) is 14.8 Å². The average Bonchev–Trinajstić information content (AvgIpc) is 3.07. The fourth-order valence-electron chi connectivity index (χ4n) is 3.08. The van der Waals surface area contributed by atoms with Crippen LogP contribution in [0.25, 0.3) is 0 Å². The van der Waals surface area contributed by atoms with Crippen LogP contribution in [-0.2, 0) is 6.54 Å². The van der Waals surface area contributed by atoms with Crippen LogP contribution in [0.2, 0.25) is 0 Å². The number of anilines is 1. The van der Waals surface area contributed by atoms with Crippen LogP contribution in [0.15, 0.2) is 30.9 Å². The molecule has 3 rings (SSSR count). The molecular weight excluding hydrogens is 336 g/mol. The second-order valence-corrected chi connectivity index (χ2v) is 5.86. The van der Waals surface area contributed by atoms with Gasteiger partial charge in [0.25, 0.3) is 0 Å². The lowest BCUT2D eigenvalue weighted by molar-refractivity contribution is -0.386. The average molecular weight is 353 g/mol. The zero-order valence-electron chi connectivity index (χ0n) is 13.3. The molecule has 1 atom stereocenters. The number of benzene rings is 1. The van der Waals surface area contributed by atoms with Crippen LogP contribution in [0.1, 0.15) is 12.8 Å². The van der Waals surface area contributed by atoms with Crippen molar-refractivity contribution < 1.29 is 18.4 Å². The van der Waals surface area contributed by atoms with E-state index in [2.05, 4.69) is 14.8 Å². The van der Waals surface area contributed by atoms with Crippen LogP contribution >= 0.6 is 0 Å². The van der Waals surface area contributed by atoms with E-state index in [9.17, 15) is 18.9 Å². The summed E-state index contributed by atoms with van der Waals surface area (Å²) in [5.74, 6) is -0.0963. The molecule has 1 aliphatic heterocycles. The Morgan fingerprint density at radius 1 is 1.44 bits per heavy atom. The maximum absolute atomic E-state index is 12.5. The normalized spacial score (nSPS) is 17.7. The van der Waals surface area contributed by atoms with Crippen LogP contribution < -0.4 is 9.64 Å². The smallest absolute Gasteiger partial charge is 0.387 e. The van der Waals surface area contributed by atoms with Gasteiger partial charge in [0.2, 0.25) is 5.75 Å². The molecule has 0 amide bonds. The van der Waals surface area contributed by atoms with Gasteiger partial charge in [0.1, 0.15) is 12.7 Å². The molecule has 0 N–H and O–H groups in total. The number of alkyl halides is 2. The predicted octanol–water partition coefficient (Wildman–Crippen LogP) is 2.70. The molecule has 1 aromatic carbocycles. The molecule has 10 heteroatoms. The van der Waals surface area contributed by atoms with Gasteiger partial charge < -0.3 is 9.64 Å². The first-order valence-electron chi connectivity index (χ1n) is 7.83. The van der Waals surface area contributed by atoms with E-state index in [4.69, 9.17) is 0 Å². The minimum absolute atomic E-state index is 0.324. The Hall–Kier alpha value is -2.78. The summed E-state index contributed by atoms with van der Waals surface area (Å²) in [5.41, 5.74) is 0.157. The van der Waals surface area contributed by atoms with E-state index in [0.717, 1.165) is 19.4 Å². The number of rotatable bonds is 6. The molecular formula is C15H17F2N5O3. The van der Waals surface area contributed by atoms with Crippen molar-refractivity contribution in [3.05, 3.63) is 41.0 Å². The number of nitro groups is 1. The van der Waals surface area contributed by atoms with E-state index in [1.54, 1.807) is 17.1 Å². The maximum Gasteiger partial charge on any atom is 0.387 e. The number of aromatic nitrogens is 3. The van der Waals surface area contributed by atoms with Gasteiger partial charge in [-0.1, -0.05) is 0 Å². The number of hydrogen-bond donors (Lipinski definition) is 0. The Bertz CT molecular complexity index is 726. The van der Waals surface area contributed by atoms with E-state index in [1.807, 2.05) is 4.90 Å². The molecule has 1 aliphatic rings. The van der Waals surface area contributed by atoms with Crippen molar-refractivity contribution in [2.24, 2.45) is 5.92 Å². The van der Waals surface area contributed by atoms with Crippen molar-refractivity contribution in [3.63, 3.8) is 0 Å². The SMILES string of the molecule is O=[N+]([O-])c1ccc(N2CCCC(Cn3cncn3)C2)cc1OC(F)F. The number of nitro benzene ring substituents is 1. The Balaban J connectivity index is 1.76. The topological polar surface area (TPSA) is 86.3 Å². The van der Waals surface area contributed by atoms with Crippen molar-refractivity contribution in [1.82, 2.24) is 14.8 Å². The largest absolute Gasteiger partial charge is 0.427 e. The standard InChI is InChI=1S/C15H17F2N5O3/c16-15(17)25-14-6-12(3-4-13(14)22(23)24)20-5-1-2-11(7-20)8-21-10-18-9-19-21/h3-4,6,9-11,15H,1-2,5,7-8H2. The number of ether oxygens (including phenoxy) is 1. The van der Waals surface area contributed by atoms with E-state index < -0.39 is 23.0 Å². The fourth-order valence-corrected chi connectivity index (χ4v) is 3.08. The highest BCUT2D eigenvalue weighted by atomic mass is 19.3. The molecule has 8 nitrogen and oxygen atoms in total. The number of hydrogen-bond acceptors (Lipinski definition) is 6. The minimum atomic E-state index is -3.12. The number of nitrogens with zero attached hydrogens (tertiary/aromatic N) is 5. The zero-order chi connectivity index (χ0) is 17.8. The molecule has 1 aromatic heterocycles. The number of halogens is 2. The molecule has 25 heavy (non-hydrogen) atoms. The minimum Gasteiger partial charge on any atom is -0.427 e. The van der Waals surface area contributed by atoms with E-state index in [0.29, 0.717) is 24.7 Å². The molecule has 1 saturated heterocycles. The molecule has 1 fully saturated rings. The third-order valence-electron chi connectivity index (χ3n) is 4.15. The summed E-state index contributed by atoms with van der Waals surface area (Å²) >= 11 is 0. The molecule has 2 aromatic rings. The van der Waals surface area contributed by atoms with Gasteiger partial charge in [-0.25, -0.2) is 4.98 Å². The Labute approximate surface area is 142 Å². The molecule has 0 aliphatic carbocycles. The van der Waals surface area contributed by atoms with Gasteiger partial charge in [0, 0.05) is 37.5 Å². The van der Waals surface area contributed by atoms with Gasteiger partial charge >= 0.3 is 12.3 Å². The van der Waals surface area contributed by atoms with Gasteiger partial charge in [-0.15, -0.1) is 0 Å². The second kappa shape index (κ2) is 7.41. The summed E-state index contributed by atoms with van der Waals surface area (Å²) in [6, 6.07) is 4.07. The first-order valence-corrected chi connectivity index (χ1v) is 7.83. The molecule has 0 bridgehead atoms. The summed E-state index contributed by atoms with van der Waals surface area (Å²) in [4.78, 5) is 16.2. The van der Waals surface area contributed by atoms with Crippen molar-refractivity contribution >= 4 is 11.4 Å². The molecule has 1 unspecified atom stereocenters. The van der Waals surface area contributed by atoms with Crippen LogP contribution in [0, 0.1) is 16.0 Å². The van der Waals surface area contributed by atoms with Crippen LogP contribution in [0.4, 0.5) is 20.2 Å². The van der Waals surface area contributed by atoms with Gasteiger partial charge in [-0.2, -0.15) is 13.9 Å². The third kappa shape index (κ3) is 4.20. The van der Waals surface area contributed by atoms with E-state index in [-0.39, 0.29) is 0 Å². The van der Waals surface area contributed by atoms with Crippen LogP contribution in [0.5, 0.6) is 5.75 Å². The van der Waals surface area contributed by atoms with Crippen molar-refractivity contribution in [2.45, 2.75) is 26.0 Å². The summed E-state index contributed by atoms with van der Waals surface area (Å²) < 4.78 is 31.2. The second-order valence-electron chi connectivity index (χ2n) is 5.86. The van der Waals surface area contributed by atoms with Gasteiger partial charge in [0.05, 0.1) is 4.92 Å². The third-order valence-corrected chi connectivity index (χ3v) is 4.15. The summed E-state index contributed by atoms with van der Waals surface area (Å²) in [5, 5.41) is 15.1. The number of piperidine rings is 1. The first-order chi connectivity index (χ1) is 12.0. The predicted molar refractivity (Wildman–Crippen MR) is 84.7 cm³/mol. The summed E-state index contributed by atoms with van der Waals surface area (Å²) in [7, 11) is 0. The van der Waals surface area contributed by atoms with Gasteiger partial charge in [0.15, 0.2) is 0 Å². The molecule has 2 heterocycles. The Morgan fingerprint density at radius 3 is 2.96 bits per heavy atom. The Kier molecular flexibility index (Phi) is 5.05. The van der Waals surface area contributed by atoms with Crippen LogP contribution in [-0.4, -0.2) is 39.4 Å². The maximum atomic E-state index is 12.5. The Morgan fingerprint density at radius 2 is 2.28 bits per heavy atom. The summed E-state index contributed by atoms with van der Waals surface area (Å²) in [6.07, 6.45) is 5.08. The highest BCUT2D eigenvalue weighted by Gasteiger charge is 2.24. The van der Waals surface area contributed by atoms with Crippen LogP contribution in [0.3, 0.4) is 0 Å². The van der Waals surface area contributed by atoms with Crippen molar-refractivity contribution in [2.75, 3.05) is 18.0 Å². The zero-order valence-corrected chi connectivity index (χ0v) is 13.3. The lowest BCUT2D eigenvalue weighted by Crippen LogP contribution is -2.37. The monoisotopic (exact) mass is 353 g/mol. The van der Waals surface area contributed by atoms with E-state index in [1.165, 1.54) is 18.5 Å². The molecule has 134 valence electrons. The van der Waals surface area contributed by atoms with Crippen molar-refractivity contribution in [1.29, 1.82) is 0 Å². The first kappa shape index (κ1) is 17.1. The fraction of sp³-hybridized carbons (Fsp3) is 0.467.